The normalized spacial score (nSPS) is 27.8. The lowest BCUT2D eigenvalue weighted by molar-refractivity contribution is -0.140. The number of carbonyl (C=O) groups excluding carboxylic acids is 2. The Hall–Kier alpha value is -2.17. The lowest BCUT2D eigenvalue weighted by atomic mass is 9.85. The van der Waals surface area contributed by atoms with Crippen LogP contribution in [0.25, 0.3) is 0 Å². The quantitative estimate of drug-likeness (QED) is 0.174. The molecule has 1 aromatic rings. The summed E-state index contributed by atoms with van der Waals surface area (Å²) in [4.78, 5) is 38.6. The summed E-state index contributed by atoms with van der Waals surface area (Å²) in [6.07, 6.45) is 9.58. The lowest BCUT2D eigenvalue weighted by Crippen LogP contribution is -2.43. The molecule has 4 aliphatic rings. The first-order valence-corrected chi connectivity index (χ1v) is 11.9. The van der Waals surface area contributed by atoms with Crippen molar-refractivity contribution < 1.29 is 9.59 Å². The number of pyridine rings is 1. The van der Waals surface area contributed by atoms with Gasteiger partial charge < -0.3 is 15.5 Å². The first-order chi connectivity index (χ1) is 15.7. The molecule has 33 heavy (non-hydrogen) atoms. The third-order valence-corrected chi connectivity index (χ3v) is 7.19. The number of aliphatic imine (C=N–C) groups is 1. The smallest absolute Gasteiger partial charge is 0.233 e. The van der Waals surface area contributed by atoms with E-state index in [-0.39, 0.29) is 59.5 Å². The minimum absolute atomic E-state index is 0. The van der Waals surface area contributed by atoms with E-state index in [1.54, 1.807) is 0 Å². The molecular weight excluding hydrogens is 531 g/mol. The summed E-state index contributed by atoms with van der Waals surface area (Å²) in [5, 5.41) is 6.50. The molecule has 3 heterocycles. The molecule has 2 aliphatic heterocycles. The number of guanidine groups is 1. The van der Waals surface area contributed by atoms with Gasteiger partial charge in [0, 0.05) is 38.9 Å². The van der Waals surface area contributed by atoms with Crippen LogP contribution in [-0.4, -0.2) is 60.4 Å². The third-order valence-electron chi connectivity index (χ3n) is 7.19. The van der Waals surface area contributed by atoms with Gasteiger partial charge in [0.25, 0.3) is 0 Å². The molecular formula is C24H33IN6O2. The fourth-order valence-corrected chi connectivity index (χ4v) is 5.63. The van der Waals surface area contributed by atoms with Crippen LogP contribution in [0.5, 0.6) is 0 Å². The van der Waals surface area contributed by atoms with Crippen LogP contribution in [0.2, 0.25) is 0 Å². The van der Waals surface area contributed by atoms with Crippen molar-refractivity contribution in [1.29, 1.82) is 0 Å². The van der Waals surface area contributed by atoms with Gasteiger partial charge >= 0.3 is 0 Å². The molecule has 2 aliphatic carbocycles. The zero-order valence-electron chi connectivity index (χ0n) is 19.1. The van der Waals surface area contributed by atoms with Crippen LogP contribution >= 0.6 is 24.0 Å². The van der Waals surface area contributed by atoms with Crippen molar-refractivity contribution in [2.75, 3.05) is 37.6 Å². The monoisotopic (exact) mass is 564 g/mol. The number of nitrogens with one attached hydrogen (secondary N) is 2. The van der Waals surface area contributed by atoms with E-state index in [1.807, 2.05) is 13.1 Å². The molecule has 4 unspecified atom stereocenters. The average Bonchev–Trinajstić information content (AvgIpc) is 3.59. The highest BCUT2D eigenvalue weighted by Gasteiger charge is 2.58. The van der Waals surface area contributed by atoms with Crippen LogP contribution in [0.3, 0.4) is 0 Å². The number of allylic oxidation sites excluding steroid dienone is 2. The Labute approximate surface area is 212 Å². The SMILES string of the molecule is CCNC(=NCc1ccc(N2CCCC2)nc1)NCCN1C(=O)C2C3C=CC(C3)C2C1=O.I. The van der Waals surface area contributed by atoms with Crippen LogP contribution in [0, 0.1) is 23.7 Å². The van der Waals surface area contributed by atoms with E-state index in [0.717, 1.165) is 37.4 Å². The number of aromatic nitrogens is 1. The second-order valence-corrected chi connectivity index (χ2v) is 9.17. The summed E-state index contributed by atoms with van der Waals surface area (Å²) in [7, 11) is 0. The zero-order chi connectivity index (χ0) is 22.1. The maximum absolute atomic E-state index is 12.8. The minimum atomic E-state index is -0.129. The first-order valence-electron chi connectivity index (χ1n) is 11.9. The Bertz CT molecular complexity index is 897. The van der Waals surface area contributed by atoms with Gasteiger partial charge in [0.05, 0.1) is 18.4 Å². The molecule has 9 heteroatoms. The van der Waals surface area contributed by atoms with Crippen molar-refractivity contribution in [2.24, 2.45) is 28.7 Å². The van der Waals surface area contributed by atoms with Crippen molar-refractivity contribution >= 4 is 47.6 Å². The number of imide groups is 1. The predicted molar refractivity (Wildman–Crippen MR) is 138 cm³/mol. The van der Waals surface area contributed by atoms with E-state index in [1.165, 1.54) is 17.7 Å². The molecule has 4 atom stereocenters. The van der Waals surface area contributed by atoms with Crippen LogP contribution in [0.1, 0.15) is 31.7 Å². The first kappa shape index (κ1) is 24.0. The van der Waals surface area contributed by atoms with Crippen molar-refractivity contribution in [2.45, 2.75) is 32.7 Å². The average molecular weight is 564 g/mol. The summed E-state index contributed by atoms with van der Waals surface area (Å²) in [5.74, 6) is 1.97. The van der Waals surface area contributed by atoms with E-state index < -0.39 is 0 Å². The van der Waals surface area contributed by atoms with E-state index in [4.69, 9.17) is 0 Å². The molecule has 0 radical (unpaired) electrons. The second kappa shape index (κ2) is 10.4. The zero-order valence-corrected chi connectivity index (χ0v) is 21.4. The molecule has 2 amide bonds. The van der Waals surface area contributed by atoms with Gasteiger partial charge in [-0.2, -0.15) is 0 Å². The fraction of sp³-hybridized carbons (Fsp3) is 0.583. The largest absolute Gasteiger partial charge is 0.357 e. The van der Waals surface area contributed by atoms with Crippen LogP contribution in [0.15, 0.2) is 35.5 Å². The van der Waals surface area contributed by atoms with Gasteiger partial charge in [-0.3, -0.25) is 14.5 Å². The third kappa shape index (κ3) is 4.74. The molecule has 2 N–H and O–H groups in total. The molecule has 3 fully saturated rings. The van der Waals surface area contributed by atoms with E-state index in [9.17, 15) is 9.59 Å². The van der Waals surface area contributed by atoms with Gasteiger partial charge in [-0.1, -0.05) is 18.2 Å². The number of hydrogen-bond donors (Lipinski definition) is 2. The maximum atomic E-state index is 12.8. The molecule has 2 saturated heterocycles. The number of amides is 2. The molecule has 0 aromatic carbocycles. The Balaban J connectivity index is 0.00000259. The Kier molecular flexibility index (Phi) is 7.55. The summed E-state index contributed by atoms with van der Waals surface area (Å²) in [6.45, 7) is 6.29. The standard InChI is InChI=1S/C24H32N6O2.HI/c1-2-25-24(28-15-16-5-8-19(27-14-16)29-10-3-4-11-29)26-9-12-30-22(31)20-17-6-7-18(13-17)21(20)23(30)32;/h5-8,14,17-18,20-21H,2-4,9-13,15H2,1H3,(H2,25,26,28);1H. The van der Waals surface area contributed by atoms with Crippen molar-refractivity contribution in [1.82, 2.24) is 20.5 Å². The number of carbonyl (C=O) groups is 2. The lowest BCUT2D eigenvalue weighted by Gasteiger charge is -2.18. The predicted octanol–water partition coefficient (Wildman–Crippen LogP) is 2.16. The number of hydrogen-bond acceptors (Lipinski definition) is 5. The highest BCUT2D eigenvalue weighted by molar-refractivity contribution is 14.0. The van der Waals surface area contributed by atoms with Gasteiger partial charge in [0.2, 0.25) is 11.8 Å². The Morgan fingerprint density at radius 3 is 2.39 bits per heavy atom. The fourth-order valence-electron chi connectivity index (χ4n) is 5.63. The molecule has 1 aromatic heterocycles. The number of rotatable bonds is 7. The van der Waals surface area contributed by atoms with E-state index in [2.05, 4.69) is 49.8 Å². The Morgan fingerprint density at radius 2 is 1.79 bits per heavy atom. The number of nitrogens with zero attached hydrogens (tertiary/aromatic N) is 4. The highest BCUT2D eigenvalue weighted by Crippen LogP contribution is 2.52. The van der Waals surface area contributed by atoms with Crippen LogP contribution in [0.4, 0.5) is 5.82 Å². The summed E-state index contributed by atoms with van der Waals surface area (Å²) >= 11 is 0. The maximum Gasteiger partial charge on any atom is 0.233 e. The van der Waals surface area contributed by atoms with Gasteiger partial charge in [0.15, 0.2) is 5.96 Å². The van der Waals surface area contributed by atoms with Gasteiger partial charge in [-0.05, 0) is 49.7 Å². The van der Waals surface area contributed by atoms with Crippen molar-refractivity contribution in [3.05, 3.63) is 36.0 Å². The molecule has 178 valence electrons. The Morgan fingerprint density at radius 1 is 1.09 bits per heavy atom. The molecule has 0 spiro atoms. The molecule has 8 nitrogen and oxygen atoms in total. The molecule has 1 saturated carbocycles. The molecule has 5 rings (SSSR count). The number of anilines is 1. The second-order valence-electron chi connectivity index (χ2n) is 9.17. The van der Waals surface area contributed by atoms with Crippen molar-refractivity contribution in [3.8, 4) is 0 Å². The van der Waals surface area contributed by atoms with E-state index >= 15 is 0 Å². The van der Waals surface area contributed by atoms with E-state index in [0.29, 0.717) is 25.6 Å². The number of likely N-dealkylation sites (tertiary alicyclic amines) is 1. The summed E-state index contributed by atoms with van der Waals surface area (Å²) in [6, 6.07) is 4.15. The highest BCUT2D eigenvalue weighted by atomic mass is 127. The van der Waals surface area contributed by atoms with Crippen LogP contribution in [-0.2, 0) is 16.1 Å². The topological polar surface area (TPSA) is 89.9 Å². The van der Waals surface area contributed by atoms with Gasteiger partial charge in [0.1, 0.15) is 5.82 Å². The van der Waals surface area contributed by atoms with Gasteiger partial charge in [-0.25, -0.2) is 9.98 Å². The van der Waals surface area contributed by atoms with Crippen molar-refractivity contribution in [3.63, 3.8) is 0 Å². The summed E-state index contributed by atoms with van der Waals surface area (Å²) < 4.78 is 0. The van der Waals surface area contributed by atoms with Gasteiger partial charge in [-0.15, -0.1) is 24.0 Å². The molecule has 2 bridgehead atoms. The minimum Gasteiger partial charge on any atom is -0.357 e. The van der Waals surface area contributed by atoms with Crippen LogP contribution < -0.4 is 15.5 Å². The number of halogens is 1. The number of fused-ring (bicyclic) bond motifs is 5. The summed E-state index contributed by atoms with van der Waals surface area (Å²) in [5.41, 5.74) is 1.05.